The third-order valence-electron chi connectivity index (χ3n) is 5.79. The zero-order valence-electron chi connectivity index (χ0n) is 23.0. The fraction of sp³-hybridized carbons (Fsp3) is 0.296. The Morgan fingerprint density at radius 2 is 1.91 bits per heavy atom. The Morgan fingerprint density at radius 3 is 2.63 bits per heavy atom. The van der Waals surface area contributed by atoms with E-state index in [1.165, 1.54) is 29.2 Å². The number of primary amides is 1. The van der Waals surface area contributed by atoms with E-state index >= 15 is 0 Å². The molecule has 1 aromatic carbocycles. The lowest BCUT2D eigenvalue weighted by Crippen LogP contribution is -2.21. The van der Waals surface area contributed by atoms with Crippen LogP contribution in [0.25, 0.3) is 17.1 Å². The molecule has 0 saturated carbocycles. The molecular weight excluding hydrogens is 573 g/mol. The van der Waals surface area contributed by atoms with Gasteiger partial charge in [0, 0.05) is 32.0 Å². The van der Waals surface area contributed by atoms with E-state index < -0.39 is 24.5 Å². The summed E-state index contributed by atoms with van der Waals surface area (Å²) < 4.78 is 54.6. The van der Waals surface area contributed by atoms with Crippen LogP contribution in [0.5, 0.6) is 0 Å². The molecule has 2 amide bonds. The van der Waals surface area contributed by atoms with Gasteiger partial charge >= 0.3 is 6.18 Å². The summed E-state index contributed by atoms with van der Waals surface area (Å²) in [7, 11) is 1.62. The Labute approximate surface area is 243 Å². The van der Waals surface area contributed by atoms with Gasteiger partial charge in [0.2, 0.25) is 5.89 Å². The molecule has 13 nitrogen and oxygen atoms in total. The highest BCUT2D eigenvalue weighted by Gasteiger charge is 2.27. The van der Waals surface area contributed by atoms with Crippen LogP contribution in [0.3, 0.4) is 0 Å². The minimum atomic E-state index is -4.43. The fourth-order valence-electron chi connectivity index (χ4n) is 3.72. The zero-order chi connectivity index (χ0) is 30.8. The van der Waals surface area contributed by atoms with Crippen molar-refractivity contribution in [1.82, 2.24) is 25.1 Å². The molecule has 3 heterocycles. The van der Waals surface area contributed by atoms with Gasteiger partial charge in [0.25, 0.3) is 11.8 Å². The van der Waals surface area contributed by atoms with Gasteiger partial charge in [0.15, 0.2) is 11.4 Å². The molecule has 0 radical (unpaired) electrons. The van der Waals surface area contributed by atoms with Crippen LogP contribution < -0.4 is 21.7 Å². The van der Waals surface area contributed by atoms with Gasteiger partial charge in [-0.2, -0.15) is 18.3 Å². The standard InChI is InChI=1S/C27H29F3N8O5/c1-41-10-11-42-9-8-32-13-17-2-4-19(5-3-17)38-14-20(23(37-38)24(31)39)35-25(40)21-15-43-26(36-21)18-6-7-33-22(12-18)34-16-27(28,29)30/h2-7,12,14-15,32H,8-11,13,16H2,1H3,(H2,31,39)(H,33,34)(H,35,40). The Kier molecular flexibility index (Phi) is 10.4. The summed E-state index contributed by atoms with van der Waals surface area (Å²) >= 11 is 0. The van der Waals surface area contributed by atoms with Gasteiger partial charge in [-0.3, -0.25) is 9.59 Å². The van der Waals surface area contributed by atoms with Crippen molar-refractivity contribution in [2.24, 2.45) is 5.73 Å². The smallest absolute Gasteiger partial charge is 0.405 e. The Hall–Kier alpha value is -4.80. The normalized spacial score (nSPS) is 11.4. The number of aromatic nitrogens is 4. The van der Waals surface area contributed by atoms with Gasteiger partial charge in [-0.15, -0.1) is 0 Å². The number of carbonyl (C=O) groups is 2. The first-order chi connectivity index (χ1) is 20.6. The summed E-state index contributed by atoms with van der Waals surface area (Å²) in [6.07, 6.45) is -0.647. The number of oxazole rings is 1. The van der Waals surface area contributed by atoms with E-state index in [9.17, 15) is 22.8 Å². The van der Waals surface area contributed by atoms with Crippen molar-refractivity contribution in [2.45, 2.75) is 12.7 Å². The summed E-state index contributed by atoms with van der Waals surface area (Å²) in [5, 5.41) is 12.2. The summed E-state index contributed by atoms with van der Waals surface area (Å²) in [6, 6.07) is 10.1. The third kappa shape index (κ3) is 9.09. The summed E-state index contributed by atoms with van der Waals surface area (Å²) in [4.78, 5) is 32.9. The molecule has 4 aromatic rings. The SMILES string of the molecule is COCCOCCNCc1ccc(-n2cc(NC(=O)c3coc(-c4ccnc(NCC(F)(F)F)c4)n3)c(C(N)=O)n2)cc1. The quantitative estimate of drug-likeness (QED) is 0.148. The summed E-state index contributed by atoms with van der Waals surface area (Å²) in [5.41, 5.74) is 7.12. The number of anilines is 2. The number of pyridine rings is 1. The predicted molar refractivity (Wildman–Crippen MR) is 149 cm³/mol. The molecule has 43 heavy (non-hydrogen) atoms. The highest BCUT2D eigenvalue weighted by atomic mass is 19.4. The van der Waals surface area contributed by atoms with E-state index in [2.05, 4.69) is 31.0 Å². The van der Waals surface area contributed by atoms with E-state index in [1.807, 2.05) is 12.1 Å². The molecule has 0 spiro atoms. The number of carbonyl (C=O) groups excluding carboxylic acids is 2. The second kappa shape index (κ2) is 14.4. The van der Waals surface area contributed by atoms with Crippen molar-refractivity contribution in [3.63, 3.8) is 0 Å². The van der Waals surface area contributed by atoms with Crippen LogP contribution in [0.4, 0.5) is 24.7 Å². The van der Waals surface area contributed by atoms with Crippen LogP contribution >= 0.6 is 0 Å². The maximum Gasteiger partial charge on any atom is 0.405 e. The molecule has 4 rings (SSSR count). The van der Waals surface area contributed by atoms with Crippen LogP contribution in [0.2, 0.25) is 0 Å². The number of hydrogen-bond acceptors (Lipinski definition) is 10. The molecule has 0 atom stereocenters. The number of nitrogens with one attached hydrogen (secondary N) is 3. The minimum absolute atomic E-state index is 0.0263. The van der Waals surface area contributed by atoms with E-state index in [0.29, 0.717) is 44.2 Å². The molecule has 0 aliphatic heterocycles. The van der Waals surface area contributed by atoms with Gasteiger partial charge < -0.3 is 35.6 Å². The molecule has 0 aliphatic carbocycles. The number of nitrogens with two attached hydrogens (primary N) is 1. The van der Waals surface area contributed by atoms with Crippen molar-refractivity contribution in [2.75, 3.05) is 50.7 Å². The number of alkyl halides is 3. The maximum atomic E-state index is 12.9. The fourth-order valence-corrected chi connectivity index (χ4v) is 3.72. The number of halogens is 3. The van der Waals surface area contributed by atoms with Crippen molar-refractivity contribution < 1.29 is 36.7 Å². The largest absolute Gasteiger partial charge is 0.444 e. The minimum Gasteiger partial charge on any atom is -0.444 e. The molecular formula is C27H29F3N8O5. The van der Waals surface area contributed by atoms with Gasteiger partial charge in [-0.1, -0.05) is 12.1 Å². The summed E-state index contributed by atoms with van der Waals surface area (Å²) in [6.45, 7) is 1.65. The Morgan fingerprint density at radius 1 is 1.12 bits per heavy atom. The molecule has 0 bridgehead atoms. The summed E-state index contributed by atoms with van der Waals surface area (Å²) in [5.74, 6) is -1.67. The monoisotopic (exact) mass is 602 g/mol. The number of benzene rings is 1. The van der Waals surface area contributed by atoms with Gasteiger partial charge in [0.05, 0.1) is 37.4 Å². The van der Waals surface area contributed by atoms with Crippen molar-refractivity contribution in [1.29, 1.82) is 0 Å². The average Bonchev–Trinajstić information content (AvgIpc) is 3.64. The molecule has 16 heteroatoms. The highest BCUT2D eigenvalue weighted by molar-refractivity contribution is 6.07. The van der Waals surface area contributed by atoms with Crippen LogP contribution in [-0.2, 0) is 16.0 Å². The highest BCUT2D eigenvalue weighted by Crippen LogP contribution is 2.23. The first kappa shape index (κ1) is 31.1. The lowest BCUT2D eigenvalue weighted by molar-refractivity contribution is -0.115. The molecule has 5 N–H and O–H groups in total. The number of hydrogen-bond donors (Lipinski definition) is 4. The van der Waals surface area contributed by atoms with Gasteiger partial charge in [0.1, 0.15) is 18.6 Å². The number of methoxy groups -OCH3 is 1. The Balaban J connectivity index is 1.39. The second-order valence-corrected chi connectivity index (χ2v) is 9.04. The first-order valence-electron chi connectivity index (χ1n) is 12.9. The van der Waals surface area contributed by atoms with Crippen molar-refractivity contribution in [3.8, 4) is 17.1 Å². The van der Waals surface area contributed by atoms with Crippen LogP contribution in [-0.4, -0.2) is 77.8 Å². The van der Waals surface area contributed by atoms with Gasteiger partial charge in [-0.25, -0.2) is 14.6 Å². The predicted octanol–water partition coefficient (Wildman–Crippen LogP) is 3.00. The lowest BCUT2D eigenvalue weighted by Gasteiger charge is -2.08. The topological polar surface area (TPSA) is 171 Å². The van der Waals surface area contributed by atoms with Gasteiger partial charge in [-0.05, 0) is 29.8 Å². The van der Waals surface area contributed by atoms with E-state index in [0.717, 1.165) is 11.8 Å². The van der Waals surface area contributed by atoms with Crippen LogP contribution in [0, 0.1) is 0 Å². The molecule has 0 aliphatic rings. The Bertz CT molecular complexity index is 1520. The molecule has 0 unspecified atom stereocenters. The molecule has 0 saturated heterocycles. The number of rotatable bonds is 15. The molecule has 3 aromatic heterocycles. The number of nitrogens with zero attached hydrogens (tertiary/aromatic N) is 4. The van der Waals surface area contributed by atoms with E-state index in [-0.39, 0.29) is 28.8 Å². The second-order valence-electron chi connectivity index (χ2n) is 9.04. The average molecular weight is 603 g/mol. The lowest BCUT2D eigenvalue weighted by atomic mass is 10.2. The van der Waals surface area contributed by atoms with Crippen molar-refractivity contribution >= 4 is 23.3 Å². The van der Waals surface area contributed by atoms with E-state index in [4.69, 9.17) is 19.6 Å². The molecule has 228 valence electrons. The maximum absolute atomic E-state index is 12.9. The first-order valence-corrected chi connectivity index (χ1v) is 12.9. The zero-order valence-corrected chi connectivity index (χ0v) is 23.0. The number of ether oxygens (including phenoxy) is 2. The third-order valence-corrected chi connectivity index (χ3v) is 5.79. The van der Waals surface area contributed by atoms with Crippen LogP contribution in [0.15, 0.2) is 59.5 Å². The van der Waals surface area contributed by atoms with Crippen molar-refractivity contribution in [3.05, 3.63) is 72.0 Å². The number of amides is 2. The molecule has 0 fully saturated rings. The van der Waals surface area contributed by atoms with Crippen LogP contribution in [0.1, 0.15) is 26.5 Å². The van der Waals surface area contributed by atoms with E-state index in [1.54, 1.807) is 19.2 Å².